The van der Waals surface area contributed by atoms with Crippen LogP contribution in [0.5, 0.6) is 5.75 Å². The minimum Gasteiger partial charge on any atom is -0.489 e. The van der Waals surface area contributed by atoms with Crippen molar-refractivity contribution >= 4 is 5.91 Å². The lowest BCUT2D eigenvalue weighted by molar-refractivity contribution is 0.0704. The first-order valence-corrected chi connectivity index (χ1v) is 8.50. The molecule has 0 aromatic heterocycles. The molecule has 1 fully saturated rings. The molecule has 126 valence electrons. The summed E-state index contributed by atoms with van der Waals surface area (Å²) in [6.07, 6.45) is 2.01. The van der Waals surface area contributed by atoms with Gasteiger partial charge in [-0.15, -0.1) is 0 Å². The van der Waals surface area contributed by atoms with Crippen LogP contribution in [0.1, 0.15) is 28.8 Å². The fraction of sp³-hybridized carbons (Fsp3) is 0.350. The molecule has 1 aliphatic heterocycles. The molecule has 3 rings (SSSR count). The van der Waals surface area contributed by atoms with E-state index in [1.807, 2.05) is 66.5 Å². The maximum Gasteiger partial charge on any atom is 0.254 e. The van der Waals surface area contributed by atoms with Gasteiger partial charge in [0, 0.05) is 30.3 Å². The van der Waals surface area contributed by atoms with Crippen LogP contribution in [0.3, 0.4) is 0 Å². The Hall–Kier alpha value is -2.33. The van der Waals surface area contributed by atoms with Gasteiger partial charge in [0.05, 0.1) is 0 Å². The molecule has 1 N–H and O–H groups in total. The van der Waals surface area contributed by atoms with Crippen molar-refractivity contribution in [3.8, 4) is 5.75 Å². The van der Waals surface area contributed by atoms with Crippen molar-refractivity contribution in [1.29, 1.82) is 0 Å². The zero-order chi connectivity index (χ0) is 16.8. The molecule has 1 saturated heterocycles. The maximum atomic E-state index is 12.9. The molecule has 2 aromatic carbocycles. The Balaban J connectivity index is 1.68. The van der Waals surface area contributed by atoms with E-state index in [9.17, 15) is 4.79 Å². The number of carbonyl (C=O) groups excluding carboxylic acids is 1. The molecule has 0 saturated carbocycles. The summed E-state index contributed by atoms with van der Waals surface area (Å²) in [4.78, 5) is 14.8. The molecule has 0 bridgehead atoms. The van der Waals surface area contributed by atoms with Crippen LogP contribution in [0, 0.1) is 0 Å². The largest absolute Gasteiger partial charge is 0.489 e. The number of hydrogen-bond donors (Lipinski definition) is 1. The first-order valence-electron chi connectivity index (χ1n) is 8.50. The van der Waals surface area contributed by atoms with Gasteiger partial charge in [-0.05, 0) is 38.1 Å². The summed E-state index contributed by atoms with van der Waals surface area (Å²) in [5, 5.41) is 3.30. The highest BCUT2D eigenvalue weighted by Gasteiger charge is 2.24. The number of amides is 1. The lowest BCUT2D eigenvalue weighted by Crippen LogP contribution is -2.44. The average molecular weight is 324 g/mol. The highest BCUT2D eigenvalue weighted by Crippen LogP contribution is 2.19. The van der Waals surface area contributed by atoms with Gasteiger partial charge in [0.25, 0.3) is 5.91 Å². The van der Waals surface area contributed by atoms with Crippen molar-refractivity contribution in [2.45, 2.75) is 25.5 Å². The molecule has 24 heavy (non-hydrogen) atoms. The van der Waals surface area contributed by atoms with E-state index in [1.54, 1.807) is 0 Å². The van der Waals surface area contributed by atoms with Crippen LogP contribution in [0.25, 0.3) is 0 Å². The van der Waals surface area contributed by atoms with Gasteiger partial charge < -0.3 is 15.0 Å². The smallest absolute Gasteiger partial charge is 0.254 e. The second-order valence-electron chi connectivity index (χ2n) is 6.11. The van der Waals surface area contributed by atoms with Gasteiger partial charge in [0.15, 0.2) is 0 Å². The number of piperidine rings is 1. The van der Waals surface area contributed by atoms with Crippen molar-refractivity contribution in [2.24, 2.45) is 0 Å². The van der Waals surface area contributed by atoms with Crippen LogP contribution >= 0.6 is 0 Å². The monoisotopic (exact) mass is 324 g/mol. The summed E-state index contributed by atoms with van der Waals surface area (Å²) in [6.45, 7) is 2.01. The quantitative estimate of drug-likeness (QED) is 0.919. The second kappa shape index (κ2) is 7.97. The normalized spacial score (nSPS) is 15.3. The van der Waals surface area contributed by atoms with Crippen LogP contribution in [-0.2, 0) is 6.61 Å². The minimum atomic E-state index is 0.108. The number of carbonyl (C=O) groups is 1. The number of benzene rings is 2. The Morgan fingerprint density at radius 2 is 1.75 bits per heavy atom. The number of nitrogens with one attached hydrogen (secondary N) is 1. The molecule has 0 unspecified atom stereocenters. The third-order valence-corrected chi connectivity index (χ3v) is 4.58. The van der Waals surface area contributed by atoms with Crippen LogP contribution in [0.15, 0.2) is 54.6 Å². The molecule has 1 amide bonds. The van der Waals surface area contributed by atoms with Crippen molar-refractivity contribution in [2.75, 3.05) is 20.1 Å². The molecule has 0 atom stereocenters. The molecule has 4 heteroatoms. The molecule has 1 heterocycles. The Bertz CT molecular complexity index is 664. The standard InChI is InChI=1S/C20H24N2O2/c1-21-17-11-13-22(14-12-17)20(23)19-10-6-5-7-16(19)15-24-18-8-3-2-4-9-18/h2-10,17,21H,11-15H2,1H3. The Kier molecular flexibility index (Phi) is 5.49. The minimum absolute atomic E-state index is 0.108. The Labute approximate surface area is 143 Å². The van der Waals surface area contributed by atoms with Gasteiger partial charge in [0.1, 0.15) is 12.4 Å². The number of nitrogens with zero attached hydrogens (tertiary/aromatic N) is 1. The van der Waals surface area contributed by atoms with E-state index in [1.165, 1.54) is 0 Å². The summed E-state index contributed by atoms with van der Waals surface area (Å²) in [6, 6.07) is 17.9. The summed E-state index contributed by atoms with van der Waals surface area (Å²) >= 11 is 0. The van der Waals surface area contributed by atoms with Gasteiger partial charge >= 0.3 is 0 Å². The lowest BCUT2D eigenvalue weighted by Gasteiger charge is -2.32. The third kappa shape index (κ3) is 3.95. The zero-order valence-corrected chi connectivity index (χ0v) is 14.1. The van der Waals surface area contributed by atoms with E-state index in [2.05, 4.69) is 5.32 Å². The molecule has 0 aliphatic carbocycles. The van der Waals surface area contributed by atoms with Gasteiger partial charge in [-0.3, -0.25) is 4.79 Å². The zero-order valence-electron chi connectivity index (χ0n) is 14.1. The van der Waals surface area contributed by atoms with Crippen LogP contribution in [0.4, 0.5) is 0 Å². The van der Waals surface area contributed by atoms with Crippen molar-refractivity contribution < 1.29 is 9.53 Å². The average Bonchev–Trinajstić information content (AvgIpc) is 2.67. The van der Waals surface area contributed by atoms with Gasteiger partial charge in [-0.25, -0.2) is 0 Å². The SMILES string of the molecule is CNC1CCN(C(=O)c2ccccc2COc2ccccc2)CC1. The van der Waals surface area contributed by atoms with E-state index in [-0.39, 0.29) is 5.91 Å². The van der Waals surface area contributed by atoms with Gasteiger partial charge in [-0.2, -0.15) is 0 Å². The number of ether oxygens (including phenoxy) is 1. The van der Waals surface area contributed by atoms with Gasteiger partial charge in [-0.1, -0.05) is 36.4 Å². The molecule has 2 aromatic rings. The Morgan fingerprint density at radius 1 is 1.08 bits per heavy atom. The predicted molar refractivity (Wildman–Crippen MR) is 95.2 cm³/mol. The molecule has 0 spiro atoms. The van der Waals surface area contributed by atoms with E-state index in [0.29, 0.717) is 12.6 Å². The van der Waals surface area contributed by atoms with Crippen LogP contribution in [-0.4, -0.2) is 37.0 Å². The Morgan fingerprint density at radius 3 is 2.46 bits per heavy atom. The summed E-state index contributed by atoms with van der Waals surface area (Å²) in [7, 11) is 1.98. The molecule has 0 radical (unpaired) electrons. The fourth-order valence-electron chi connectivity index (χ4n) is 3.07. The summed E-state index contributed by atoms with van der Waals surface area (Å²) in [5.74, 6) is 0.923. The van der Waals surface area contributed by atoms with E-state index >= 15 is 0 Å². The van der Waals surface area contributed by atoms with Crippen molar-refractivity contribution in [1.82, 2.24) is 10.2 Å². The molecule has 1 aliphatic rings. The number of para-hydroxylation sites is 1. The van der Waals surface area contributed by atoms with E-state index < -0.39 is 0 Å². The third-order valence-electron chi connectivity index (χ3n) is 4.58. The lowest BCUT2D eigenvalue weighted by atomic mass is 10.0. The summed E-state index contributed by atoms with van der Waals surface area (Å²) in [5.41, 5.74) is 1.68. The van der Waals surface area contributed by atoms with Crippen LogP contribution < -0.4 is 10.1 Å². The van der Waals surface area contributed by atoms with Gasteiger partial charge in [0.2, 0.25) is 0 Å². The van der Waals surface area contributed by atoms with E-state index in [4.69, 9.17) is 4.74 Å². The summed E-state index contributed by atoms with van der Waals surface area (Å²) < 4.78 is 5.82. The van der Waals surface area contributed by atoms with Crippen molar-refractivity contribution in [3.63, 3.8) is 0 Å². The van der Waals surface area contributed by atoms with Crippen molar-refractivity contribution in [3.05, 3.63) is 65.7 Å². The maximum absolute atomic E-state index is 12.9. The first-order chi connectivity index (χ1) is 11.8. The number of likely N-dealkylation sites (tertiary alicyclic amines) is 1. The second-order valence-corrected chi connectivity index (χ2v) is 6.11. The molecular formula is C20H24N2O2. The van der Waals surface area contributed by atoms with E-state index in [0.717, 1.165) is 42.8 Å². The highest BCUT2D eigenvalue weighted by molar-refractivity contribution is 5.95. The first kappa shape index (κ1) is 16.5. The molecular weight excluding hydrogens is 300 g/mol. The number of rotatable bonds is 5. The predicted octanol–water partition coefficient (Wildman–Crippen LogP) is 3.09. The highest BCUT2D eigenvalue weighted by atomic mass is 16.5. The number of hydrogen-bond acceptors (Lipinski definition) is 3. The van der Waals surface area contributed by atoms with Crippen LogP contribution in [0.2, 0.25) is 0 Å². The molecule has 4 nitrogen and oxygen atoms in total. The topological polar surface area (TPSA) is 41.6 Å². The fourth-order valence-corrected chi connectivity index (χ4v) is 3.07.